The fourth-order valence-corrected chi connectivity index (χ4v) is 2.46. The van der Waals surface area contributed by atoms with Crippen LogP contribution in [0.4, 0.5) is 0 Å². The maximum atomic E-state index is 12.2. The Hall–Kier alpha value is -3.83. The van der Waals surface area contributed by atoms with Gasteiger partial charge in [-0.3, -0.25) is 4.79 Å². The fourth-order valence-electron chi connectivity index (χ4n) is 2.46. The number of hydrogen-bond acceptors (Lipinski definition) is 7. The van der Waals surface area contributed by atoms with Gasteiger partial charge in [0, 0.05) is 6.07 Å². The molecular weight excluding hydrogens is 366 g/mol. The first-order valence-electron chi connectivity index (χ1n) is 8.22. The van der Waals surface area contributed by atoms with Crippen LogP contribution in [0.5, 0.6) is 11.5 Å². The lowest BCUT2D eigenvalue weighted by atomic mass is 10.2. The number of ether oxygens (including phenoxy) is 2. The number of hydrogen-bond donors (Lipinski definition) is 2. The number of nitrogens with zero attached hydrogens (tertiary/aromatic N) is 1. The van der Waals surface area contributed by atoms with E-state index in [1.54, 1.807) is 30.3 Å². The molecular formula is C20H15NO7. The summed E-state index contributed by atoms with van der Waals surface area (Å²) in [7, 11) is 0. The van der Waals surface area contributed by atoms with Gasteiger partial charge in [0.25, 0.3) is 0 Å². The van der Waals surface area contributed by atoms with Crippen LogP contribution < -0.4 is 14.9 Å². The van der Waals surface area contributed by atoms with Gasteiger partial charge in [0.05, 0.1) is 11.6 Å². The zero-order valence-corrected chi connectivity index (χ0v) is 14.5. The minimum atomic E-state index is -1.35. The molecule has 0 radical (unpaired) electrons. The Morgan fingerprint density at radius 1 is 1.14 bits per heavy atom. The molecule has 3 aromatic rings. The zero-order chi connectivity index (χ0) is 20.1. The Morgan fingerprint density at radius 3 is 2.54 bits per heavy atom. The molecule has 3 rings (SSSR count). The number of carboxylic acid groups (broad SMARTS) is 1. The summed E-state index contributed by atoms with van der Waals surface area (Å²) in [6.07, 6.45) is -0.990. The highest BCUT2D eigenvalue weighted by atomic mass is 16.5. The molecule has 0 spiro atoms. The molecule has 1 unspecified atom stereocenters. The Labute approximate surface area is 158 Å². The Balaban J connectivity index is 1.66. The summed E-state index contributed by atoms with van der Waals surface area (Å²) < 4.78 is 16.1. The van der Waals surface area contributed by atoms with Crippen LogP contribution in [0.25, 0.3) is 11.0 Å². The van der Waals surface area contributed by atoms with E-state index in [0.717, 1.165) is 6.07 Å². The van der Waals surface area contributed by atoms with Crippen molar-refractivity contribution >= 4 is 16.9 Å². The van der Waals surface area contributed by atoms with E-state index in [1.165, 1.54) is 12.1 Å². The number of carboxylic acids is 1. The second-order valence-electron chi connectivity index (χ2n) is 5.82. The number of benzene rings is 2. The van der Waals surface area contributed by atoms with E-state index in [1.807, 2.05) is 6.07 Å². The highest BCUT2D eigenvalue weighted by molar-refractivity contribution is 5.89. The van der Waals surface area contributed by atoms with E-state index in [-0.39, 0.29) is 29.9 Å². The molecule has 2 aromatic carbocycles. The Kier molecular flexibility index (Phi) is 5.58. The standard InChI is InChI=1S/C20H15NO7/c21-9-12-4-6-14(7-5-12)26-10-13(22)11-27-16-2-1-3-17-19(16)15(23)8-18(28-17)20(24)25/h1-8,13,22H,10-11H2,(H,24,25). The van der Waals surface area contributed by atoms with Gasteiger partial charge in [0.15, 0.2) is 5.43 Å². The van der Waals surface area contributed by atoms with Crippen molar-refractivity contribution in [2.24, 2.45) is 0 Å². The summed E-state index contributed by atoms with van der Waals surface area (Å²) in [5.74, 6) is -1.16. The molecule has 0 fully saturated rings. The average molecular weight is 381 g/mol. The lowest BCUT2D eigenvalue weighted by Gasteiger charge is -2.14. The van der Waals surface area contributed by atoms with Gasteiger partial charge in [-0.15, -0.1) is 0 Å². The minimum absolute atomic E-state index is 0.0611. The molecule has 1 heterocycles. The van der Waals surface area contributed by atoms with Crippen molar-refractivity contribution < 1.29 is 28.9 Å². The van der Waals surface area contributed by atoms with Crippen molar-refractivity contribution in [1.82, 2.24) is 0 Å². The summed E-state index contributed by atoms with van der Waals surface area (Å²) in [6, 6.07) is 13.8. The molecule has 0 saturated heterocycles. The molecule has 2 N–H and O–H groups in total. The molecule has 8 nitrogen and oxygen atoms in total. The third kappa shape index (κ3) is 4.28. The van der Waals surface area contributed by atoms with Gasteiger partial charge in [-0.2, -0.15) is 5.26 Å². The first-order chi connectivity index (χ1) is 13.5. The molecule has 1 atom stereocenters. The highest BCUT2D eigenvalue weighted by Crippen LogP contribution is 2.23. The van der Waals surface area contributed by atoms with Crippen LogP contribution in [0.15, 0.2) is 57.7 Å². The highest BCUT2D eigenvalue weighted by Gasteiger charge is 2.15. The predicted octanol–water partition coefficient (Wildman–Crippen LogP) is 2.18. The molecule has 1 aromatic heterocycles. The van der Waals surface area contributed by atoms with Crippen molar-refractivity contribution in [2.45, 2.75) is 6.10 Å². The summed E-state index contributed by atoms with van der Waals surface area (Å²) in [5, 5.41) is 27.9. The maximum Gasteiger partial charge on any atom is 0.371 e. The SMILES string of the molecule is N#Cc1ccc(OCC(O)COc2cccc3oc(C(=O)O)cc(=O)c23)cc1. The van der Waals surface area contributed by atoms with Crippen LogP contribution in [0.1, 0.15) is 16.1 Å². The van der Waals surface area contributed by atoms with E-state index in [4.69, 9.17) is 24.3 Å². The molecule has 0 saturated carbocycles. The van der Waals surface area contributed by atoms with Gasteiger partial charge in [-0.1, -0.05) is 6.07 Å². The van der Waals surface area contributed by atoms with Crippen molar-refractivity contribution in [3.05, 3.63) is 70.1 Å². The van der Waals surface area contributed by atoms with Crippen molar-refractivity contribution in [3.63, 3.8) is 0 Å². The van der Waals surface area contributed by atoms with E-state index in [0.29, 0.717) is 11.3 Å². The maximum absolute atomic E-state index is 12.2. The predicted molar refractivity (Wildman–Crippen MR) is 97.6 cm³/mol. The monoisotopic (exact) mass is 381 g/mol. The number of rotatable bonds is 7. The van der Waals surface area contributed by atoms with E-state index in [2.05, 4.69) is 0 Å². The van der Waals surface area contributed by atoms with Crippen LogP contribution in [0.2, 0.25) is 0 Å². The Morgan fingerprint density at radius 2 is 1.86 bits per heavy atom. The van der Waals surface area contributed by atoms with Crippen LogP contribution >= 0.6 is 0 Å². The number of carbonyl (C=O) groups is 1. The van der Waals surface area contributed by atoms with Crippen LogP contribution in [-0.2, 0) is 0 Å². The van der Waals surface area contributed by atoms with Crippen LogP contribution in [-0.4, -0.2) is 35.5 Å². The molecule has 0 aliphatic carbocycles. The average Bonchev–Trinajstić information content (AvgIpc) is 2.70. The third-order valence-corrected chi connectivity index (χ3v) is 3.78. The lowest BCUT2D eigenvalue weighted by Crippen LogP contribution is -2.25. The lowest BCUT2D eigenvalue weighted by molar-refractivity contribution is 0.0631. The molecule has 0 aliphatic heterocycles. The van der Waals surface area contributed by atoms with Gasteiger partial charge in [0.2, 0.25) is 5.76 Å². The first kappa shape index (κ1) is 18.9. The molecule has 0 bridgehead atoms. The summed E-state index contributed by atoms with van der Waals surface area (Å²) >= 11 is 0. The molecule has 8 heteroatoms. The number of fused-ring (bicyclic) bond motifs is 1. The minimum Gasteiger partial charge on any atom is -0.491 e. The van der Waals surface area contributed by atoms with E-state index >= 15 is 0 Å². The number of nitriles is 1. The van der Waals surface area contributed by atoms with Gasteiger partial charge in [0.1, 0.15) is 41.8 Å². The van der Waals surface area contributed by atoms with Crippen molar-refractivity contribution in [1.29, 1.82) is 5.26 Å². The van der Waals surface area contributed by atoms with E-state index in [9.17, 15) is 14.7 Å². The largest absolute Gasteiger partial charge is 0.491 e. The fraction of sp³-hybridized carbons (Fsp3) is 0.150. The number of aliphatic hydroxyl groups excluding tert-OH is 1. The molecule has 28 heavy (non-hydrogen) atoms. The third-order valence-electron chi connectivity index (χ3n) is 3.78. The zero-order valence-electron chi connectivity index (χ0n) is 14.5. The van der Waals surface area contributed by atoms with Crippen LogP contribution in [0.3, 0.4) is 0 Å². The quantitative estimate of drug-likeness (QED) is 0.637. The first-order valence-corrected chi connectivity index (χ1v) is 8.22. The van der Waals surface area contributed by atoms with E-state index < -0.39 is 23.3 Å². The number of aliphatic hydroxyl groups is 1. The van der Waals surface area contributed by atoms with Gasteiger partial charge < -0.3 is 24.1 Å². The van der Waals surface area contributed by atoms with Crippen molar-refractivity contribution in [2.75, 3.05) is 13.2 Å². The van der Waals surface area contributed by atoms with Crippen LogP contribution in [0, 0.1) is 11.3 Å². The second-order valence-corrected chi connectivity index (χ2v) is 5.82. The van der Waals surface area contributed by atoms with Crippen molar-refractivity contribution in [3.8, 4) is 17.6 Å². The van der Waals surface area contributed by atoms with Gasteiger partial charge in [-0.05, 0) is 36.4 Å². The number of aromatic carboxylic acids is 1. The van der Waals surface area contributed by atoms with Gasteiger partial charge in [-0.25, -0.2) is 4.79 Å². The molecule has 0 aliphatic rings. The smallest absolute Gasteiger partial charge is 0.371 e. The Bertz CT molecular complexity index is 1100. The summed E-state index contributed by atoms with van der Waals surface area (Å²) in [4.78, 5) is 23.2. The summed E-state index contributed by atoms with van der Waals surface area (Å²) in [6.45, 7) is -0.218. The second kappa shape index (κ2) is 8.24. The molecule has 142 valence electrons. The topological polar surface area (TPSA) is 130 Å². The van der Waals surface area contributed by atoms with Gasteiger partial charge >= 0.3 is 5.97 Å². The normalized spacial score (nSPS) is 11.6. The summed E-state index contributed by atoms with van der Waals surface area (Å²) in [5.41, 5.74) is 0.0142. The molecule has 0 amide bonds.